The molecule has 226 valence electrons. The molecule has 1 amide bonds. The van der Waals surface area contributed by atoms with Gasteiger partial charge in [0.05, 0.1) is 32.9 Å². The Morgan fingerprint density at radius 3 is 1.84 bits per heavy atom. The Labute approximate surface area is 267 Å². The number of carbonyl (C=O) groups excluding carboxylic acids is 2. The Bertz CT molecular complexity index is 1540. The number of para-hydroxylation sites is 2. The highest BCUT2D eigenvalue weighted by Gasteiger charge is 2.40. The van der Waals surface area contributed by atoms with Gasteiger partial charge in [-0.2, -0.15) is 0 Å². The average Bonchev–Trinajstić information content (AvgIpc) is 3.48. The molecule has 44 heavy (non-hydrogen) atoms. The van der Waals surface area contributed by atoms with Crippen molar-refractivity contribution in [2.75, 3.05) is 12.4 Å². The number of carbonyl (C=O) groups is 2. The zero-order chi connectivity index (χ0) is 31.0. The molecule has 5 aromatic rings. The van der Waals surface area contributed by atoms with Crippen LogP contribution in [0, 0.1) is 0 Å². The molecule has 8 heteroatoms. The smallest absolute Gasteiger partial charge is 0.329 e. The summed E-state index contributed by atoms with van der Waals surface area (Å²) in [6.07, 6.45) is 0. The van der Waals surface area contributed by atoms with Crippen molar-refractivity contribution < 1.29 is 14.3 Å². The van der Waals surface area contributed by atoms with Crippen molar-refractivity contribution in [1.82, 2.24) is 15.3 Å². The number of thioether (sulfide) groups is 2. The van der Waals surface area contributed by atoms with Gasteiger partial charge >= 0.3 is 5.97 Å². The molecule has 0 unspecified atom stereocenters. The summed E-state index contributed by atoms with van der Waals surface area (Å²) in [7, 11) is 0. The summed E-state index contributed by atoms with van der Waals surface area (Å²) in [4.78, 5) is 35.0. The molecule has 1 aromatic heterocycles. The van der Waals surface area contributed by atoms with Gasteiger partial charge in [-0.1, -0.05) is 103 Å². The number of hydrogen-bond donors (Lipinski definition) is 2. The maximum absolute atomic E-state index is 13.7. The molecule has 0 aliphatic heterocycles. The lowest BCUT2D eigenvalue weighted by atomic mass is 9.84. The zero-order valence-electron chi connectivity index (χ0n) is 25.2. The highest BCUT2D eigenvalue weighted by Crippen LogP contribution is 2.48. The lowest BCUT2D eigenvalue weighted by molar-refractivity contribution is -0.146. The van der Waals surface area contributed by atoms with Gasteiger partial charge in [0.15, 0.2) is 0 Å². The molecule has 0 aliphatic rings. The van der Waals surface area contributed by atoms with Crippen LogP contribution in [0.4, 0.5) is 0 Å². The molecule has 1 atom stereocenters. The van der Waals surface area contributed by atoms with E-state index in [1.165, 1.54) is 11.8 Å². The van der Waals surface area contributed by atoms with E-state index >= 15 is 0 Å². The lowest BCUT2D eigenvalue weighted by Crippen LogP contribution is -2.50. The van der Waals surface area contributed by atoms with E-state index in [1.807, 2.05) is 92.7 Å². The van der Waals surface area contributed by atoms with E-state index in [-0.39, 0.29) is 12.5 Å². The van der Waals surface area contributed by atoms with Crippen molar-refractivity contribution in [1.29, 1.82) is 0 Å². The molecule has 0 radical (unpaired) electrons. The van der Waals surface area contributed by atoms with Crippen LogP contribution in [0.3, 0.4) is 0 Å². The minimum atomic E-state index is -0.853. The fraction of sp³-hybridized carbons (Fsp3) is 0.250. The van der Waals surface area contributed by atoms with E-state index in [2.05, 4.69) is 51.7 Å². The lowest BCUT2D eigenvalue weighted by Gasteiger charge is -2.36. The molecule has 2 N–H and O–H groups in total. The normalized spacial score (nSPS) is 12.5. The Balaban J connectivity index is 1.41. The predicted molar refractivity (Wildman–Crippen MR) is 182 cm³/mol. The van der Waals surface area contributed by atoms with Crippen LogP contribution in [0.2, 0.25) is 0 Å². The van der Waals surface area contributed by atoms with Gasteiger partial charge in [0.2, 0.25) is 5.91 Å². The fourth-order valence-electron chi connectivity index (χ4n) is 5.11. The van der Waals surface area contributed by atoms with Crippen LogP contribution in [-0.2, 0) is 24.8 Å². The summed E-state index contributed by atoms with van der Waals surface area (Å²) in [6, 6.07) is 37.9. The van der Waals surface area contributed by atoms with Crippen molar-refractivity contribution in [2.45, 2.75) is 42.1 Å². The third kappa shape index (κ3) is 7.03. The third-order valence-electron chi connectivity index (χ3n) is 7.44. The minimum absolute atomic E-state index is 0.223. The number of imidazole rings is 1. The quantitative estimate of drug-likeness (QED) is 0.105. The van der Waals surface area contributed by atoms with E-state index in [9.17, 15) is 9.59 Å². The van der Waals surface area contributed by atoms with Gasteiger partial charge in [-0.3, -0.25) is 4.79 Å². The Morgan fingerprint density at radius 2 is 1.32 bits per heavy atom. The number of esters is 1. The number of H-pyrrole nitrogens is 1. The molecular formula is C36H37N3O3S2. The van der Waals surface area contributed by atoms with E-state index in [1.54, 1.807) is 18.7 Å². The number of amides is 1. The molecular weight excluding hydrogens is 587 g/mol. The minimum Gasteiger partial charge on any atom is -0.464 e. The number of aromatic amines is 1. The van der Waals surface area contributed by atoms with Crippen LogP contribution in [0.25, 0.3) is 11.0 Å². The maximum Gasteiger partial charge on any atom is 0.329 e. The van der Waals surface area contributed by atoms with Crippen molar-refractivity contribution in [3.8, 4) is 0 Å². The second kappa shape index (κ2) is 14.2. The van der Waals surface area contributed by atoms with Crippen LogP contribution < -0.4 is 5.32 Å². The summed E-state index contributed by atoms with van der Waals surface area (Å²) in [5.74, 6) is 0.935. The van der Waals surface area contributed by atoms with Gasteiger partial charge in [0.25, 0.3) is 0 Å². The number of fused-ring (bicyclic) bond motifs is 1. The number of rotatable bonds is 13. The van der Waals surface area contributed by atoms with Gasteiger partial charge in [-0.15, -0.1) is 23.5 Å². The molecule has 0 fully saturated rings. The zero-order valence-corrected chi connectivity index (χ0v) is 26.8. The second-order valence-corrected chi connectivity index (χ2v) is 13.7. The largest absolute Gasteiger partial charge is 0.464 e. The summed E-state index contributed by atoms with van der Waals surface area (Å²) in [6.45, 7) is 5.74. The first-order chi connectivity index (χ1) is 21.3. The first kappa shape index (κ1) is 31.4. The first-order valence-electron chi connectivity index (χ1n) is 14.7. The predicted octanol–water partition coefficient (Wildman–Crippen LogP) is 7.35. The van der Waals surface area contributed by atoms with Gasteiger partial charge in [0, 0.05) is 5.75 Å². The molecule has 0 spiro atoms. The summed E-state index contributed by atoms with van der Waals surface area (Å²) in [5, 5.41) is 3.05. The van der Waals surface area contributed by atoms with Crippen LogP contribution in [0.1, 0.15) is 43.3 Å². The Morgan fingerprint density at radius 1 is 0.795 bits per heavy atom. The standard InChI is InChI=1S/C36H37N3O3S2/c1-4-42-33(40)31(39-34(41)35(2,3)43-25-32-37-29-22-14-15-23-30(29)38-32)24-44-36(26-16-8-5-9-17-26,27-18-10-6-11-19-27)28-20-12-7-13-21-28/h5-23,31H,4,24-25H2,1-3H3,(H,37,38)(H,39,41)/t31-/m0/s1. The van der Waals surface area contributed by atoms with Gasteiger partial charge in [0.1, 0.15) is 11.9 Å². The van der Waals surface area contributed by atoms with E-state index in [0.717, 1.165) is 33.5 Å². The summed E-state index contributed by atoms with van der Waals surface area (Å²) < 4.78 is 4.01. The van der Waals surface area contributed by atoms with Gasteiger partial charge < -0.3 is 15.0 Å². The maximum atomic E-state index is 13.7. The number of benzene rings is 4. The summed E-state index contributed by atoms with van der Waals surface area (Å²) >= 11 is 3.09. The van der Waals surface area contributed by atoms with E-state index in [0.29, 0.717) is 11.5 Å². The molecule has 1 heterocycles. The molecule has 6 nitrogen and oxygen atoms in total. The van der Waals surface area contributed by atoms with Crippen molar-refractivity contribution in [3.05, 3.63) is 138 Å². The second-order valence-electron chi connectivity index (χ2n) is 10.9. The molecule has 0 bridgehead atoms. The summed E-state index contributed by atoms with van der Waals surface area (Å²) in [5.41, 5.74) is 5.10. The average molecular weight is 624 g/mol. The van der Waals surface area contributed by atoms with Crippen molar-refractivity contribution in [3.63, 3.8) is 0 Å². The monoisotopic (exact) mass is 623 g/mol. The third-order valence-corrected chi connectivity index (χ3v) is 10.4. The van der Waals surface area contributed by atoms with Gasteiger partial charge in [-0.25, -0.2) is 9.78 Å². The van der Waals surface area contributed by atoms with Crippen LogP contribution in [0.5, 0.6) is 0 Å². The van der Waals surface area contributed by atoms with E-state index in [4.69, 9.17) is 4.74 Å². The molecule has 0 saturated heterocycles. The number of nitrogens with one attached hydrogen (secondary N) is 2. The number of hydrogen-bond acceptors (Lipinski definition) is 6. The Kier molecular flexibility index (Phi) is 10.1. The first-order valence-corrected chi connectivity index (χ1v) is 16.7. The number of ether oxygens (including phenoxy) is 1. The van der Waals surface area contributed by atoms with Crippen LogP contribution in [0.15, 0.2) is 115 Å². The topological polar surface area (TPSA) is 84.1 Å². The van der Waals surface area contributed by atoms with Crippen molar-refractivity contribution >= 4 is 46.4 Å². The van der Waals surface area contributed by atoms with Crippen LogP contribution in [-0.4, -0.2) is 45.0 Å². The number of aromatic nitrogens is 2. The van der Waals surface area contributed by atoms with Gasteiger partial charge in [-0.05, 0) is 49.6 Å². The highest BCUT2D eigenvalue weighted by atomic mass is 32.2. The number of nitrogens with zero attached hydrogens (tertiary/aromatic N) is 1. The fourth-order valence-corrected chi connectivity index (χ4v) is 7.48. The molecule has 5 rings (SSSR count). The SMILES string of the molecule is CCOC(=O)[C@H](CSC(c1ccccc1)(c1ccccc1)c1ccccc1)NC(=O)C(C)(C)SCc1nc2ccccc2[nH]1. The molecule has 0 saturated carbocycles. The Hall–Kier alpha value is -4.01. The van der Waals surface area contributed by atoms with Crippen LogP contribution >= 0.6 is 23.5 Å². The van der Waals surface area contributed by atoms with Crippen molar-refractivity contribution in [2.24, 2.45) is 0 Å². The molecule has 4 aromatic carbocycles. The van der Waals surface area contributed by atoms with E-state index < -0.39 is 21.5 Å². The highest BCUT2D eigenvalue weighted by molar-refractivity contribution is 8.01. The molecule has 0 aliphatic carbocycles.